The standard InChI is InChI=1S/C21H23ClN4O3S/c1-3-29-21(27)18-13(2)17-19(23-15-6-4-14(22)5-7-15)24-16(25-20(17)30-18)12-26-8-10-28-11-9-26/h4-7H,3,8-12H2,1-2H3,(H,23,24,25). The lowest BCUT2D eigenvalue weighted by Gasteiger charge is -2.25. The van der Waals surface area contributed by atoms with E-state index in [0.717, 1.165) is 34.6 Å². The van der Waals surface area contributed by atoms with Gasteiger partial charge in [0, 0.05) is 23.8 Å². The van der Waals surface area contributed by atoms with Crippen LogP contribution in [-0.2, 0) is 16.0 Å². The van der Waals surface area contributed by atoms with Crippen molar-refractivity contribution in [2.75, 3.05) is 38.2 Å². The minimum atomic E-state index is -0.329. The first kappa shape index (κ1) is 21.0. The van der Waals surface area contributed by atoms with Gasteiger partial charge in [0.1, 0.15) is 21.3 Å². The minimum absolute atomic E-state index is 0.329. The molecule has 0 unspecified atom stereocenters. The monoisotopic (exact) mass is 446 g/mol. The summed E-state index contributed by atoms with van der Waals surface area (Å²) in [5.41, 5.74) is 1.68. The first-order valence-electron chi connectivity index (χ1n) is 9.85. The molecule has 0 bridgehead atoms. The van der Waals surface area contributed by atoms with Crippen LogP contribution in [0.2, 0.25) is 5.02 Å². The van der Waals surface area contributed by atoms with Gasteiger partial charge in [-0.1, -0.05) is 11.6 Å². The SMILES string of the molecule is CCOC(=O)c1sc2nc(CN3CCOCC3)nc(Nc3ccc(Cl)cc3)c2c1C. The van der Waals surface area contributed by atoms with E-state index in [2.05, 4.69) is 10.2 Å². The van der Waals surface area contributed by atoms with Crippen LogP contribution >= 0.6 is 22.9 Å². The van der Waals surface area contributed by atoms with Crippen molar-refractivity contribution in [3.05, 3.63) is 45.6 Å². The molecule has 7 nitrogen and oxygen atoms in total. The molecule has 3 aromatic rings. The second-order valence-electron chi connectivity index (χ2n) is 6.97. The number of aromatic nitrogens is 2. The van der Waals surface area contributed by atoms with E-state index in [1.165, 1.54) is 11.3 Å². The Morgan fingerprint density at radius 3 is 2.70 bits per heavy atom. The van der Waals surface area contributed by atoms with Gasteiger partial charge in [0.15, 0.2) is 0 Å². The summed E-state index contributed by atoms with van der Waals surface area (Å²) in [4.78, 5) is 25.6. The zero-order valence-electron chi connectivity index (χ0n) is 16.9. The van der Waals surface area contributed by atoms with Gasteiger partial charge in [0.25, 0.3) is 0 Å². The summed E-state index contributed by atoms with van der Waals surface area (Å²) < 4.78 is 10.7. The van der Waals surface area contributed by atoms with E-state index in [-0.39, 0.29) is 5.97 Å². The maximum atomic E-state index is 12.4. The average Bonchev–Trinajstić information content (AvgIpc) is 3.07. The first-order valence-corrected chi connectivity index (χ1v) is 11.0. The number of ether oxygens (including phenoxy) is 2. The molecule has 2 aromatic heterocycles. The van der Waals surface area contributed by atoms with E-state index in [0.29, 0.717) is 47.9 Å². The summed E-state index contributed by atoms with van der Waals surface area (Å²) in [5, 5.41) is 4.88. The zero-order valence-corrected chi connectivity index (χ0v) is 18.5. The van der Waals surface area contributed by atoms with E-state index in [1.807, 2.05) is 31.2 Å². The van der Waals surface area contributed by atoms with Crippen LogP contribution in [0.1, 0.15) is 28.0 Å². The van der Waals surface area contributed by atoms with E-state index in [4.69, 9.17) is 31.0 Å². The summed E-state index contributed by atoms with van der Waals surface area (Å²) in [6, 6.07) is 7.43. The van der Waals surface area contributed by atoms with Crippen LogP contribution in [0.5, 0.6) is 0 Å². The highest BCUT2D eigenvalue weighted by Gasteiger charge is 2.22. The van der Waals surface area contributed by atoms with E-state index in [1.54, 1.807) is 6.92 Å². The number of hydrogen-bond donors (Lipinski definition) is 1. The predicted octanol–water partition coefficient (Wildman–Crippen LogP) is 4.41. The number of morpholine rings is 1. The van der Waals surface area contributed by atoms with Crippen LogP contribution in [0.3, 0.4) is 0 Å². The van der Waals surface area contributed by atoms with Crippen molar-refractivity contribution in [3.63, 3.8) is 0 Å². The molecule has 1 fully saturated rings. The fraction of sp³-hybridized carbons (Fsp3) is 0.381. The number of thiophene rings is 1. The summed E-state index contributed by atoms with van der Waals surface area (Å²) in [5.74, 6) is 1.05. The lowest BCUT2D eigenvalue weighted by atomic mass is 10.2. The molecule has 0 atom stereocenters. The molecule has 1 aromatic carbocycles. The minimum Gasteiger partial charge on any atom is -0.462 e. The molecule has 0 saturated carbocycles. The second kappa shape index (κ2) is 9.26. The van der Waals surface area contributed by atoms with Gasteiger partial charge in [-0.2, -0.15) is 0 Å². The van der Waals surface area contributed by atoms with Crippen LogP contribution in [0.15, 0.2) is 24.3 Å². The Morgan fingerprint density at radius 1 is 1.27 bits per heavy atom. The third kappa shape index (κ3) is 4.57. The number of carbonyl (C=O) groups is 1. The maximum Gasteiger partial charge on any atom is 0.348 e. The molecule has 0 spiro atoms. The normalized spacial score (nSPS) is 14.8. The molecule has 0 aliphatic carbocycles. The molecule has 4 rings (SSSR count). The second-order valence-corrected chi connectivity index (χ2v) is 8.40. The van der Waals surface area contributed by atoms with E-state index >= 15 is 0 Å². The third-order valence-corrected chi connectivity index (χ3v) is 6.29. The number of halogens is 1. The van der Waals surface area contributed by atoms with Crippen molar-refractivity contribution >= 4 is 50.6 Å². The molecule has 3 heterocycles. The summed E-state index contributed by atoms with van der Waals surface area (Å²) in [7, 11) is 0. The van der Waals surface area contributed by atoms with Gasteiger partial charge in [-0.3, -0.25) is 4.90 Å². The van der Waals surface area contributed by atoms with Crippen molar-refractivity contribution in [2.24, 2.45) is 0 Å². The van der Waals surface area contributed by atoms with Gasteiger partial charge < -0.3 is 14.8 Å². The van der Waals surface area contributed by atoms with Crippen molar-refractivity contribution in [3.8, 4) is 0 Å². The first-order chi connectivity index (χ1) is 14.5. The van der Waals surface area contributed by atoms with Crippen LogP contribution in [0.25, 0.3) is 10.2 Å². The molecule has 9 heteroatoms. The zero-order chi connectivity index (χ0) is 21.1. The number of nitrogens with zero attached hydrogens (tertiary/aromatic N) is 3. The lowest BCUT2D eigenvalue weighted by Crippen LogP contribution is -2.36. The Labute approximate surface area is 184 Å². The van der Waals surface area contributed by atoms with Gasteiger partial charge in [0.05, 0.1) is 31.8 Å². The molecule has 1 aliphatic heterocycles. The molecule has 1 N–H and O–H groups in total. The number of esters is 1. The number of fused-ring (bicyclic) bond motifs is 1. The van der Waals surface area contributed by atoms with Crippen molar-refractivity contribution in [1.29, 1.82) is 0 Å². The Balaban J connectivity index is 1.75. The van der Waals surface area contributed by atoms with Crippen LogP contribution in [-0.4, -0.2) is 53.7 Å². The number of benzene rings is 1. The Hall–Kier alpha value is -2.26. The van der Waals surface area contributed by atoms with Crippen LogP contribution < -0.4 is 5.32 Å². The Kier molecular flexibility index (Phi) is 6.48. The number of anilines is 2. The molecule has 1 saturated heterocycles. The summed E-state index contributed by atoms with van der Waals surface area (Å²) in [6.07, 6.45) is 0. The van der Waals surface area contributed by atoms with Gasteiger partial charge >= 0.3 is 5.97 Å². The molecular weight excluding hydrogens is 424 g/mol. The quantitative estimate of drug-likeness (QED) is 0.562. The van der Waals surface area contributed by atoms with Gasteiger partial charge in [-0.25, -0.2) is 14.8 Å². The number of carbonyl (C=O) groups excluding carboxylic acids is 1. The van der Waals surface area contributed by atoms with Gasteiger partial charge in [-0.15, -0.1) is 11.3 Å². The van der Waals surface area contributed by atoms with Crippen LogP contribution in [0, 0.1) is 6.92 Å². The topological polar surface area (TPSA) is 76.6 Å². The highest BCUT2D eigenvalue weighted by atomic mass is 35.5. The van der Waals surface area contributed by atoms with E-state index in [9.17, 15) is 4.79 Å². The fourth-order valence-electron chi connectivity index (χ4n) is 3.36. The molecule has 158 valence electrons. The fourth-order valence-corrected chi connectivity index (χ4v) is 4.58. The highest BCUT2D eigenvalue weighted by Crippen LogP contribution is 2.36. The van der Waals surface area contributed by atoms with Crippen molar-refractivity contribution in [2.45, 2.75) is 20.4 Å². The van der Waals surface area contributed by atoms with Crippen molar-refractivity contribution in [1.82, 2.24) is 14.9 Å². The average molecular weight is 447 g/mol. The van der Waals surface area contributed by atoms with Crippen LogP contribution in [0.4, 0.5) is 11.5 Å². The largest absolute Gasteiger partial charge is 0.462 e. The van der Waals surface area contributed by atoms with Crippen molar-refractivity contribution < 1.29 is 14.3 Å². The third-order valence-electron chi connectivity index (χ3n) is 4.87. The summed E-state index contributed by atoms with van der Waals surface area (Å²) in [6.45, 7) is 7.78. The smallest absolute Gasteiger partial charge is 0.348 e. The molecule has 30 heavy (non-hydrogen) atoms. The summed E-state index contributed by atoms with van der Waals surface area (Å²) >= 11 is 7.36. The predicted molar refractivity (Wildman–Crippen MR) is 119 cm³/mol. The molecule has 1 aliphatic rings. The maximum absolute atomic E-state index is 12.4. The molecule has 0 amide bonds. The number of rotatable bonds is 6. The Bertz CT molecular complexity index is 1050. The van der Waals surface area contributed by atoms with Gasteiger partial charge in [-0.05, 0) is 43.7 Å². The van der Waals surface area contributed by atoms with Gasteiger partial charge in [0.2, 0.25) is 0 Å². The van der Waals surface area contributed by atoms with E-state index < -0.39 is 0 Å². The number of nitrogens with one attached hydrogen (secondary N) is 1. The molecular formula is C21H23ClN4O3S. The highest BCUT2D eigenvalue weighted by molar-refractivity contribution is 7.20. The Morgan fingerprint density at radius 2 is 2.00 bits per heavy atom. The lowest BCUT2D eigenvalue weighted by molar-refractivity contribution is 0.0331. The number of hydrogen-bond acceptors (Lipinski definition) is 8. The number of aryl methyl sites for hydroxylation is 1. The molecule has 0 radical (unpaired) electrons.